The van der Waals surface area contributed by atoms with Crippen LogP contribution < -0.4 is 5.73 Å². The van der Waals surface area contributed by atoms with Crippen molar-refractivity contribution in [2.45, 2.75) is 85.9 Å². The van der Waals surface area contributed by atoms with E-state index in [0.717, 1.165) is 5.92 Å². The molecular weight excluding hydrogens is 232 g/mol. The van der Waals surface area contributed by atoms with Crippen LogP contribution in [0.3, 0.4) is 0 Å². The molecule has 0 aromatic rings. The van der Waals surface area contributed by atoms with E-state index in [1.54, 1.807) is 0 Å². The van der Waals surface area contributed by atoms with Crippen molar-refractivity contribution in [1.29, 1.82) is 0 Å². The fourth-order valence-electron chi connectivity index (χ4n) is 3.49. The van der Waals surface area contributed by atoms with Gasteiger partial charge in [0.1, 0.15) is 0 Å². The SMILES string of the molecule is CC(C)CN(C(C)C)C1CC(C(C)(C)C)CCC1N. The first-order valence-electron chi connectivity index (χ1n) is 8.14. The highest BCUT2D eigenvalue weighted by Gasteiger charge is 2.37. The molecule has 0 amide bonds. The van der Waals surface area contributed by atoms with Gasteiger partial charge in [-0.15, -0.1) is 0 Å². The van der Waals surface area contributed by atoms with Gasteiger partial charge in [-0.2, -0.15) is 0 Å². The Labute approximate surface area is 121 Å². The number of hydrogen-bond acceptors (Lipinski definition) is 2. The lowest BCUT2D eigenvalue weighted by molar-refractivity contribution is 0.0435. The second-order valence-corrected chi connectivity index (χ2v) is 8.29. The van der Waals surface area contributed by atoms with Crippen molar-refractivity contribution in [3.8, 4) is 0 Å². The largest absolute Gasteiger partial charge is 0.326 e. The van der Waals surface area contributed by atoms with Crippen LogP contribution in [0, 0.1) is 17.3 Å². The van der Waals surface area contributed by atoms with Gasteiger partial charge >= 0.3 is 0 Å². The molecule has 0 aromatic carbocycles. The summed E-state index contributed by atoms with van der Waals surface area (Å²) < 4.78 is 0. The van der Waals surface area contributed by atoms with Gasteiger partial charge in [-0.3, -0.25) is 4.90 Å². The molecule has 0 radical (unpaired) electrons. The third-order valence-corrected chi connectivity index (χ3v) is 4.76. The van der Waals surface area contributed by atoms with Crippen molar-refractivity contribution in [1.82, 2.24) is 4.90 Å². The molecule has 2 N–H and O–H groups in total. The van der Waals surface area contributed by atoms with Crippen LogP contribution in [0.2, 0.25) is 0 Å². The minimum absolute atomic E-state index is 0.361. The lowest BCUT2D eigenvalue weighted by Gasteiger charge is -2.47. The minimum atomic E-state index is 0.361. The van der Waals surface area contributed by atoms with Crippen LogP contribution in [-0.2, 0) is 0 Å². The van der Waals surface area contributed by atoms with Gasteiger partial charge in [-0.05, 0) is 50.4 Å². The number of nitrogens with zero attached hydrogens (tertiary/aromatic N) is 1. The van der Waals surface area contributed by atoms with Crippen LogP contribution in [-0.4, -0.2) is 29.6 Å². The van der Waals surface area contributed by atoms with Crippen molar-refractivity contribution in [3.05, 3.63) is 0 Å². The minimum Gasteiger partial charge on any atom is -0.326 e. The van der Waals surface area contributed by atoms with E-state index in [1.807, 2.05) is 0 Å². The van der Waals surface area contributed by atoms with Crippen LogP contribution in [0.15, 0.2) is 0 Å². The Balaban J connectivity index is 2.81. The van der Waals surface area contributed by atoms with Gasteiger partial charge in [-0.25, -0.2) is 0 Å². The highest BCUT2D eigenvalue weighted by atomic mass is 15.2. The zero-order valence-corrected chi connectivity index (χ0v) is 14.2. The zero-order chi connectivity index (χ0) is 14.8. The molecule has 3 unspecified atom stereocenters. The van der Waals surface area contributed by atoms with Gasteiger partial charge in [-0.1, -0.05) is 34.6 Å². The molecule has 1 fully saturated rings. The van der Waals surface area contributed by atoms with Gasteiger partial charge in [0.15, 0.2) is 0 Å². The Kier molecular flexibility index (Phi) is 5.88. The standard InChI is InChI=1S/C17H36N2/c1-12(2)11-19(13(3)4)16-10-14(17(5,6)7)8-9-15(16)18/h12-16H,8-11,18H2,1-7H3. The van der Waals surface area contributed by atoms with Crippen molar-refractivity contribution in [2.75, 3.05) is 6.54 Å². The highest BCUT2D eigenvalue weighted by Crippen LogP contribution is 2.39. The maximum atomic E-state index is 6.46. The summed E-state index contributed by atoms with van der Waals surface area (Å²) in [5.41, 5.74) is 6.87. The molecule has 1 saturated carbocycles. The number of rotatable bonds is 4. The number of hydrogen-bond donors (Lipinski definition) is 1. The lowest BCUT2D eigenvalue weighted by Crippen LogP contribution is -2.55. The van der Waals surface area contributed by atoms with E-state index < -0.39 is 0 Å². The van der Waals surface area contributed by atoms with Gasteiger partial charge in [0, 0.05) is 24.7 Å². The first-order valence-corrected chi connectivity index (χ1v) is 8.14. The Morgan fingerprint density at radius 2 is 1.68 bits per heavy atom. The van der Waals surface area contributed by atoms with E-state index in [9.17, 15) is 0 Å². The summed E-state index contributed by atoms with van der Waals surface area (Å²) in [6.07, 6.45) is 3.76. The summed E-state index contributed by atoms with van der Waals surface area (Å²) >= 11 is 0. The smallest absolute Gasteiger partial charge is 0.0252 e. The van der Waals surface area contributed by atoms with E-state index >= 15 is 0 Å². The Bertz CT molecular complexity index is 265. The summed E-state index contributed by atoms with van der Waals surface area (Å²) in [5, 5.41) is 0. The first-order chi connectivity index (χ1) is 8.62. The molecule has 0 bridgehead atoms. The summed E-state index contributed by atoms with van der Waals surface area (Å²) in [7, 11) is 0. The van der Waals surface area contributed by atoms with Crippen LogP contribution in [0.1, 0.15) is 67.7 Å². The summed E-state index contributed by atoms with van der Waals surface area (Å²) in [4.78, 5) is 2.66. The molecule has 114 valence electrons. The molecule has 1 aliphatic rings. The molecule has 1 rings (SSSR count). The quantitative estimate of drug-likeness (QED) is 0.838. The molecule has 0 aromatic heterocycles. The van der Waals surface area contributed by atoms with E-state index in [0.29, 0.717) is 29.5 Å². The summed E-state index contributed by atoms with van der Waals surface area (Å²) in [6.45, 7) is 17.6. The summed E-state index contributed by atoms with van der Waals surface area (Å²) in [5.74, 6) is 1.52. The molecule has 2 heteroatoms. The average molecular weight is 268 g/mol. The Morgan fingerprint density at radius 3 is 2.11 bits per heavy atom. The Morgan fingerprint density at radius 1 is 1.11 bits per heavy atom. The van der Waals surface area contributed by atoms with Crippen LogP contribution >= 0.6 is 0 Å². The molecule has 3 atom stereocenters. The van der Waals surface area contributed by atoms with Crippen LogP contribution in [0.4, 0.5) is 0 Å². The average Bonchev–Trinajstić information content (AvgIpc) is 2.24. The maximum Gasteiger partial charge on any atom is 0.0252 e. The molecule has 19 heavy (non-hydrogen) atoms. The summed E-state index contributed by atoms with van der Waals surface area (Å²) in [6, 6.07) is 1.53. The first kappa shape index (κ1) is 17.0. The predicted octanol–water partition coefficient (Wildman–Crippen LogP) is 3.89. The van der Waals surface area contributed by atoms with Crippen LogP contribution in [0.25, 0.3) is 0 Å². The van der Waals surface area contributed by atoms with Gasteiger partial charge in [0.05, 0.1) is 0 Å². The monoisotopic (exact) mass is 268 g/mol. The fourth-order valence-corrected chi connectivity index (χ4v) is 3.49. The van der Waals surface area contributed by atoms with Gasteiger partial charge < -0.3 is 5.73 Å². The second-order valence-electron chi connectivity index (χ2n) is 8.29. The van der Waals surface area contributed by atoms with E-state index in [2.05, 4.69) is 53.4 Å². The second kappa shape index (κ2) is 6.58. The van der Waals surface area contributed by atoms with Gasteiger partial charge in [0.2, 0.25) is 0 Å². The van der Waals surface area contributed by atoms with Crippen molar-refractivity contribution in [3.63, 3.8) is 0 Å². The Hall–Kier alpha value is -0.0800. The molecular formula is C17H36N2. The molecule has 0 aliphatic heterocycles. The maximum absolute atomic E-state index is 6.46. The van der Waals surface area contributed by atoms with E-state index in [4.69, 9.17) is 5.73 Å². The van der Waals surface area contributed by atoms with E-state index in [1.165, 1.54) is 25.8 Å². The molecule has 2 nitrogen and oxygen atoms in total. The molecule has 1 aliphatic carbocycles. The third-order valence-electron chi connectivity index (χ3n) is 4.76. The molecule has 0 saturated heterocycles. The van der Waals surface area contributed by atoms with E-state index in [-0.39, 0.29) is 0 Å². The highest BCUT2D eigenvalue weighted by molar-refractivity contribution is 4.93. The third kappa shape index (κ3) is 4.75. The predicted molar refractivity (Wildman–Crippen MR) is 85.2 cm³/mol. The molecule has 0 heterocycles. The van der Waals surface area contributed by atoms with Crippen LogP contribution in [0.5, 0.6) is 0 Å². The fraction of sp³-hybridized carbons (Fsp3) is 1.00. The van der Waals surface area contributed by atoms with Crippen molar-refractivity contribution >= 4 is 0 Å². The van der Waals surface area contributed by atoms with Crippen molar-refractivity contribution < 1.29 is 0 Å². The molecule has 0 spiro atoms. The van der Waals surface area contributed by atoms with Gasteiger partial charge in [0.25, 0.3) is 0 Å². The topological polar surface area (TPSA) is 29.3 Å². The van der Waals surface area contributed by atoms with Crippen molar-refractivity contribution in [2.24, 2.45) is 23.0 Å². The normalized spacial score (nSPS) is 29.5. The number of nitrogens with two attached hydrogens (primary N) is 1. The lowest BCUT2D eigenvalue weighted by atomic mass is 9.69. The zero-order valence-electron chi connectivity index (χ0n) is 14.2.